The standard InChI is InChI=1S/C14H13Br2N/c1-10-3-2-4-12(14(10)16)13(15)9-11-5-7-17-8-6-11/h2-8,13H,9H2,1H3. The van der Waals surface area contributed by atoms with Gasteiger partial charge in [0.05, 0.1) is 0 Å². The summed E-state index contributed by atoms with van der Waals surface area (Å²) in [6, 6.07) is 10.5. The number of nitrogens with zero attached hydrogens (tertiary/aromatic N) is 1. The third-order valence-electron chi connectivity index (χ3n) is 2.72. The summed E-state index contributed by atoms with van der Waals surface area (Å²) in [5.41, 5.74) is 3.85. The van der Waals surface area contributed by atoms with Crippen molar-refractivity contribution in [2.45, 2.75) is 18.2 Å². The van der Waals surface area contributed by atoms with Crippen molar-refractivity contribution in [3.8, 4) is 0 Å². The summed E-state index contributed by atoms with van der Waals surface area (Å²) in [5.74, 6) is 0. The summed E-state index contributed by atoms with van der Waals surface area (Å²) in [7, 11) is 0. The fourth-order valence-electron chi connectivity index (χ4n) is 1.75. The van der Waals surface area contributed by atoms with Crippen molar-refractivity contribution in [1.82, 2.24) is 4.98 Å². The molecule has 0 bridgehead atoms. The molecule has 0 radical (unpaired) electrons. The highest BCUT2D eigenvalue weighted by atomic mass is 79.9. The van der Waals surface area contributed by atoms with Crippen molar-refractivity contribution >= 4 is 31.9 Å². The molecule has 0 spiro atoms. The van der Waals surface area contributed by atoms with Crippen molar-refractivity contribution in [1.29, 1.82) is 0 Å². The Balaban J connectivity index is 2.20. The molecular formula is C14H13Br2N. The quantitative estimate of drug-likeness (QED) is 0.719. The molecule has 1 nitrogen and oxygen atoms in total. The maximum atomic E-state index is 4.03. The van der Waals surface area contributed by atoms with Crippen LogP contribution in [0.25, 0.3) is 0 Å². The van der Waals surface area contributed by atoms with Crippen molar-refractivity contribution in [2.75, 3.05) is 0 Å². The third kappa shape index (κ3) is 3.17. The number of pyridine rings is 1. The van der Waals surface area contributed by atoms with Gasteiger partial charge in [-0.25, -0.2) is 0 Å². The lowest BCUT2D eigenvalue weighted by Gasteiger charge is -2.13. The molecule has 0 aliphatic heterocycles. The summed E-state index contributed by atoms with van der Waals surface area (Å²) in [4.78, 5) is 4.35. The van der Waals surface area contributed by atoms with Gasteiger partial charge in [-0.15, -0.1) is 0 Å². The summed E-state index contributed by atoms with van der Waals surface area (Å²) >= 11 is 7.41. The Hall–Kier alpha value is -0.670. The minimum atomic E-state index is 0.319. The molecule has 1 aromatic heterocycles. The first-order valence-corrected chi connectivity index (χ1v) is 7.17. The molecule has 88 valence electrons. The molecule has 1 heterocycles. The smallest absolute Gasteiger partial charge is 0.0446 e. The summed E-state index contributed by atoms with van der Waals surface area (Å²) in [6.07, 6.45) is 4.63. The lowest BCUT2D eigenvalue weighted by atomic mass is 10.0. The summed E-state index contributed by atoms with van der Waals surface area (Å²) in [6.45, 7) is 2.11. The molecule has 17 heavy (non-hydrogen) atoms. The molecule has 1 aromatic carbocycles. The summed E-state index contributed by atoms with van der Waals surface area (Å²) in [5, 5.41) is 0. The Morgan fingerprint density at radius 3 is 2.59 bits per heavy atom. The SMILES string of the molecule is Cc1cccc(C(Br)Cc2ccncc2)c1Br. The van der Waals surface area contributed by atoms with E-state index in [1.165, 1.54) is 21.2 Å². The highest BCUT2D eigenvalue weighted by Crippen LogP contribution is 2.33. The first-order chi connectivity index (χ1) is 8.18. The van der Waals surface area contributed by atoms with E-state index in [4.69, 9.17) is 0 Å². The third-order valence-corrected chi connectivity index (χ3v) is 4.62. The van der Waals surface area contributed by atoms with Crippen LogP contribution in [0.4, 0.5) is 0 Å². The molecule has 0 fully saturated rings. The first-order valence-electron chi connectivity index (χ1n) is 5.46. The van der Waals surface area contributed by atoms with Crippen LogP contribution in [0.1, 0.15) is 21.5 Å². The Morgan fingerprint density at radius 2 is 1.88 bits per heavy atom. The average molecular weight is 355 g/mol. The van der Waals surface area contributed by atoms with Gasteiger partial charge < -0.3 is 0 Å². The van der Waals surface area contributed by atoms with E-state index in [1.54, 1.807) is 0 Å². The number of aryl methyl sites for hydroxylation is 1. The molecule has 0 amide bonds. The zero-order chi connectivity index (χ0) is 12.3. The minimum absolute atomic E-state index is 0.319. The van der Waals surface area contributed by atoms with E-state index >= 15 is 0 Å². The molecule has 3 heteroatoms. The van der Waals surface area contributed by atoms with E-state index in [-0.39, 0.29) is 0 Å². The molecule has 0 N–H and O–H groups in total. The van der Waals surface area contributed by atoms with Crippen LogP contribution in [0.3, 0.4) is 0 Å². The molecule has 1 atom stereocenters. The lowest BCUT2D eigenvalue weighted by molar-refractivity contribution is 0.936. The van der Waals surface area contributed by atoms with Crippen LogP contribution in [0.5, 0.6) is 0 Å². The molecule has 0 saturated heterocycles. The average Bonchev–Trinajstić information content (AvgIpc) is 2.34. The van der Waals surface area contributed by atoms with Gasteiger partial charge in [0.2, 0.25) is 0 Å². The normalized spacial score (nSPS) is 12.4. The van der Waals surface area contributed by atoms with E-state index in [0.29, 0.717) is 4.83 Å². The number of rotatable bonds is 3. The maximum absolute atomic E-state index is 4.03. The number of benzene rings is 1. The Labute approximate surface area is 119 Å². The number of hydrogen-bond acceptors (Lipinski definition) is 1. The fraction of sp³-hybridized carbons (Fsp3) is 0.214. The minimum Gasteiger partial charge on any atom is -0.265 e. The highest BCUT2D eigenvalue weighted by Gasteiger charge is 2.12. The van der Waals surface area contributed by atoms with Gasteiger partial charge in [-0.05, 0) is 42.2 Å². The van der Waals surface area contributed by atoms with Crippen LogP contribution in [0.2, 0.25) is 0 Å². The molecule has 0 aliphatic carbocycles. The molecule has 0 saturated carbocycles. The van der Waals surface area contributed by atoms with Gasteiger partial charge in [0.1, 0.15) is 0 Å². The number of alkyl halides is 1. The Bertz CT molecular complexity index is 497. The van der Waals surface area contributed by atoms with Gasteiger partial charge in [0, 0.05) is 21.7 Å². The van der Waals surface area contributed by atoms with E-state index in [1.807, 2.05) is 12.4 Å². The first kappa shape index (κ1) is 12.8. The van der Waals surface area contributed by atoms with Gasteiger partial charge in [-0.1, -0.05) is 50.1 Å². The fourth-order valence-corrected chi connectivity index (χ4v) is 3.35. The van der Waals surface area contributed by atoms with E-state index in [2.05, 4.69) is 74.1 Å². The van der Waals surface area contributed by atoms with Crippen molar-refractivity contribution < 1.29 is 0 Å². The molecule has 2 aromatic rings. The highest BCUT2D eigenvalue weighted by molar-refractivity contribution is 9.11. The molecule has 1 unspecified atom stereocenters. The summed E-state index contributed by atoms with van der Waals surface area (Å²) < 4.78 is 1.19. The predicted molar refractivity (Wildman–Crippen MR) is 78.5 cm³/mol. The monoisotopic (exact) mass is 353 g/mol. The number of halogens is 2. The van der Waals surface area contributed by atoms with Gasteiger partial charge in [-0.3, -0.25) is 4.98 Å². The van der Waals surface area contributed by atoms with Gasteiger partial charge in [-0.2, -0.15) is 0 Å². The topological polar surface area (TPSA) is 12.9 Å². The van der Waals surface area contributed by atoms with Crippen LogP contribution >= 0.6 is 31.9 Å². The van der Waals surface area contributed by atoms with Crippen LogP contribution in [-0.2, 0) is 6.42 Å². The Morgan fingerprint density at radius 1 is 1.18 bits per heavy atom. The predicted octanol–water partition coefficient (Wildman–Crippen LogP) is 4.83. The second-order valence-corrected chi connectivity index (χ2v) is 5.90. The second kappa shape index (κ2) is 5.78. The van der Waals surface area contributed by atoms with Crippen molar-refractivity contribution in [3.63, 3.8) is 0 Å². The van der Waals surface area contributed by atoms with Crippen molar-refractivity contribution in [2.24, 2.45) is 0 Å². The largest absolute Gasteiger partial charge is 0.265 e. The van der Waals surface area contributed by atoms with Crippen LogP contribution in [0, 0.1) is 6.92 Å². The maximum Gasteiger partial charge on any atom is 0.0446 e. The molecule has 0 aliphatic rings. The van der Waals surface area contributed by atoms with Gasteiger partial charge >= 0.3 is 0 Å². The number of hydrogen-bond donors (Lipinski definition) is 0. The van der Waals surface area contributed by atoms with E-state index in [0.717, 1.165) is 6.42 Å². The molecule has 2 rings (SSSR count). The zero-order valence-electron chi connectivity index (χ0n) is 9.53. The van der Waals surface area contributed by atoms with E-state index in [9.17, 15) is 0 Å². The zero-order valence-corrected chi connectivity index (χ0v) is 12.7. The van der Waals surface area contributed by atoms with Crippen molar-refractivity contribution in [3.05, 3.63) is 63.9 Å². The van der Waals surface area contributed by atoms with Crippen LogP contribution in [0.15, 0.2) is 47.2 Å². The van der Waals surface area contributed by atoms with Gasteiger partial charge in [0.25, 0.3) is 0 Å². The van der Waals surface area contributed by atoms with Gasteiger partial charge in [0.15, 0.2) is 0 Å². The van der Waals surface area contributed by atoms with Crippen LogP contribution in [-0.4, -0.2) is 4.98 Å². The number of aromatic nitrogens is 1. The second-order valence-electron chi connectivity index (χ2n) is 4.01. The van der Waals surface area contributed by atoms with Crippen LogP contribution < -0.4 is 0 Å². The Kier molecular flexibility index (Phi) is 4.35. The van der Waals surface area contributed by atoms with E-state index < -0.39 is 0 Å². The lowest BCUT2D eigenvalue weighted by Crippen LogP contribution is -1.97. The molecular weight excluding hydrogens is 342 g/mol.